The van der Waals surface area contributed by atoms with Gasteiger partial charge in [-0.1, -0.05) is 23.7 Å². The molecule has 4 N–H and O–H groups in total. The minimum atomic E-state index is -3.99. The highest BCUT2D eigenvalue weighted by molar-refractivity contribution is 7.89. The van der Waals surface area contributed by atoms with Gasteiger partial charge in [0.1, 0.15) is 4.90 Å². The number of benzene rings is 2. The number of carbonyl (C=O) groups is 2. The van der Waals surface area contributed by atoms with Crippen LogP contribution in [-0.2, 0) is 16.4 Å². The van der Waals surface area contributed by atoms with Gasteiger partial charge in [-0.25, -0.2) is 13.6 Å². The SMILES string of the molecule is NC(=O)c1ccc(CCCC(=O)c2ccc(Cl)c(S(N)(=O)=O)c2)cc1. The number of carbonyl (C=O) groups excluding carboxylic acids is 2. The van der Waals surface area contributed by atoms with Gasteiger partial charge in [0.25, 0.3) is 0 Å². The number of primary sulfonamides is 1. The maximum absolute atomic E-state index is 12.2. The molecule has 0 saturated carbocycles. The van der Waals surface area contributed by atoms with Gasteiger partial charge in [0, 0.05) is 17.5 Å². The molecule has 0 saturated heterocycles. The Labute approximate surface area is 150 Å². The molecule has 25 heavy (non-hydrogen) atoms. The highest BCUT2D eigenvalue weighted by Gasteiger charge is 2.16. The van der Waals surface area contributed by atoms with Crippen LogP contribution < -0.4 is 10.9 Å². The summed E-state index contributed by atoms with van der Waals surface area (Å²) in [5.41, 5.74) is 6.82. The molecule has 0 bridgehead atoms. The predicted molar refractivity (Wildman–Crippen MR) is 95.1 cm³/mol. The predicted octanol–water partition coefficient (Wildman–Crippen LogP) is 2.29. The zero-order valence-electron chi connectivity index (χ0n) is 13.2. The van der Waals surface area contributed by atoms with Crippen molar-refractivity contribution in [1.82, 2.24) is 0 Å². The van der Waals surface area contributed by atoms with E-state index in [0.717, 1.165) is 5.56 Å². The van der Waals surface area contributed by atoms with E-state index in [9.17, 15) is 18.0 Å². The Morgan fingerprint density at radius 2 is 1.60 bits per heavy atom. The number of Topliss-reactive ketones (excluding diaryl/α,β-unsaturated/α-hetero) is 1. The summed E-state index contributed by atoms with van der Waals surface area (Å²) in [5.74, 6) is -0.689. The molecule has 0 radical (unpaired) electrons. The van der Waals surface area contributed by atoms with Crippen LogP contribution in [0.1, 0.15) is 39.1 Å². The second-order valence-corrected chi connectivity index (χ2v) is 7.47. The van der Waals surface area contributed by atoms with Crippen LogP contribution in [0.2, 0.25) is 5.02 Å². The maximum Gasteiger partial charge on any atom is 0.248 e. The molecular weight excluding hydrogens is 364 g/mol. The van der Waals surface area contributed by atoms with E-state index < -0.39 is 15.9 Å². The smallest absolute Gasteiger partial charge is 0.248 e. The molecule has 0 atom stereocenters. The topological polar surface area (TPSA) is 120 Å². The Balaban J connectivity index is 2.00. The summed E-state index contributed by atoms with van der Waals surface area (Å²) < 4.78 is 22.9. The molecule has 2 aromatic rings. The zero-order chi connectivity index (χ0) is 18.6. The van der Waals surface area contributed by atoms with E-state index >= 15 is 0 Å². The van der Waals surface area contributed by atoms with E-state index in [2.05, 4.69) is 0 Å². The summed E-state index contributed by atoms with van der Waals surface area (Å²) in [4.78, 5) is 23.0. The van der Waals surface area contributed by atoms with Crippen molar-refractivity contribution in [2.45, 2.75) is 24.2 Å². The molecule has 1 amide bonds. The quantitative estimate of drug-likeness (QED) is 0.715. The second kappa shape index (κ2) is 7.77. The lowest BCUT2D eigenvalue weighted by atomic mass is 10.0. The fourth-order valence-corrected chi connectivity index (χ4v) is 3.40. The van der Waals surface area contributed by atoms with Crippen molar-refractivity contribution < 1.29 is 18.0 Å². The number of hydrogen-bond acceptors (Lipinski definition) is 4. The standard InChI is InChI=1S/C17H17ClN2O4S/c18-14-9-8-13(10-16(14)25(20,23)24)15(21)3-1-2-11-4-6-12(7-5-11)17(19)22/h4-10H,1-3H2,(H2,19,22)(H2,20,23,24). The molecule has 0 aliphatic heterocycles. The highest BCUT2D eigenvalue weighted by Crippen LogP contribution is 2.22. The first-order valence-electron chi connectivity index (χ1n) is 7.43. The minimum absolute atomic E-state index is 0.0198. The third-order valence-electron chi connectivity index (χ3n) is 3.67. The van der Waals surface area contributed by atoms with Gasteiger partial charge in [-0.15, -0.1) is 0 Å². The number of rotatable bonds is 7. The molecule has 2 aromatic carbocycles. The van der Waals surface area contributed by atoms with Gasteiger partial charge in [-0.05, 0) is 48.7 Å². The van der Waals surface area contributed by atoms with E-state index in [1.54, 1.807) is 24.3 Å². The van der Waals surface area contributed by atoms with Crippen LogP contribution in [0.5, 0.6) is 0 Å². The lowest BCUT2D eigenvalue weighted by Gasteiger charge is -2.06. The van der Waals surface area contributed by atoms with E-state index in [-0.39, 0.29) is 27.7 Å². The lowest BCUT2D eigenvalue weighted by Crippen LogP contribution is -2.14. The third-order valence-corrected chi connectivity index (χ3v) is 5.06. The van der Waals surface area contributed by atoms with Crippen LogP contribution in [-0.4, -0.2) is 20.1 Å². The molecule has 6 nitrogen and oxygen atoms in total. The van der Waals surface area contributed by atoms with Gasteiger partial charge >= 0.3 is 0 Å². The Morgan fingerprint density at radius 1 is 1.00 bits per heavy atom. The van der Waals surface area contributed by atoms with E-state index in [1.807, 2.05) is 0 Å². The van der Waals surface area contributed by atoms with Crippen molar-refractivity contribution in [2.24, 2.45) is 10.9 Å². The molecule has 0 fully saturated rings. The Kier molecular flexibility index (Phi) is 5.94. The van der Waals surface area contributed by atoms with Gasteiger partial charge in [0.2, 0.25) is 15.9 Å². The fourth-order valence-electron chi connectivity index (χ4n) is 2.33. The number of sulfonamides is 1. The first kappa shape index (κ1) is 19.1. The molecule has 8 heteroatoms. The molecule has 0 aromatic heterocycles. The first-order valence-corrected chi connectivity index (χ1v) is 9.35. The zero-order valence-corrected chi connectivity index (χ0v) is 14.8. The number of hydrogen-bond donors (Lipinski definition) is 2. The van der Waals surface area contributed by atoms with Crippen LogP contribution in [0, 0.1) is 0 Å². The average molecular weight is 381 g/mol. The first-order chi connectivity index (χ1) is 11.7. The number of halogens is 1. The van der Waals surface area contributed by atoms with E-state index in [0.29, 0.717) is 18.4 Å². The van der Waals surface area contributed by atoms with Crippen molar-refractivity contribution in [2.75, 3.05) is 0 Å². The number of nitrogens with two attached hydrogens (primary N) is 2. The van der Waals surface area contributed by atoms with E-state index in [4.69, 9.17) is 22.5 Å². The number of primary amides is 1. The average Bonchev–Trinajstić information content (AvgIpc) is 2.54. The number of aryl methyl sites for hydroxylation is 1. The van der Waals surface area contributed by atoms with Gasteiger partial charge in [-0.2, -0.15) is 0 Å². The fraction of sp³-hybridized carbons (Fsp3) is 0.176. The lowest BCUT2D eigenvalue weighted by molar-refractivity contribution is 0.0977. The van der Waals surface area contributed by atoms with Crippen LogP contribution in [0.15, 0.2) is 47.4 Å². The summed E-state index contributed by atoms with van der Waals surface area (Å²) in [6.45, 7) is 0. The Bertz CT molecular complexity index is 909. The second-order valence-electron chi connectivity index (χ2n) is 5.53. The molecule has 2 rings (SSSR count). The summed E-state index contributed by atoms with van der Waals surface area (Å²) in [5, 5.41) is 5.06. The summed E-state index contributed by atoms with van der Waals surface area (Å²) in [6, 6.07) is 10.9. The van der Waals surface area contributed by atoms with Gasteiger partial charge in [0.15, 0.2) is 5.78 Å². The number of amides is 1. The van der Waals surface area contributed by atoms with Gasteiger partial charge in [0.05, 0.1) is 5.02 Å². The molecule has 0 heterocycles. The van der Waals surface area contributed by atoms with Crippen LogP contribution in [0.3, 0.4) is 0 Å². The molecule has 0 spiro atoms. The summed E-state index contributed by atoms with van der Waals surface area (Å²) in [6.07, 6.45) is 1.45. The molecular formula is C17H17ClN2O4S. The Morgan fingerprint density at radius 3 is 2.16 bits per heavy atom. The summed E-state index contributed by atoms with van der Waals surface area (Å²) >= 11 is 5.80. The molecule has 0 unspecified atom stereocenters. The monoisotopic (exact) mass is 380 g/mol. The van der Waals surface area contributed by atoms with E-state index in [1.165, 1.54) is 18.2 Å². The Hall–Kier alpha value is -2.22. The van der Waals surface area contributed by atoms with Crippen LogP contribution in [0.25, 0.3) is 0 Å². The summed E-state index contributed by atoms with van der Waals surface area (Å²) in [7, 11) is -3.99. The van der Waals surface area contributed by atoms with Gasteiger partial charge < -0.3 is 5.73 Å². The molecule has 0 aliphatic carbocycles. The van der Waals surface area contributed by atoms with Crippen molar-refractivity contribution in [3.63, 3.8) is 0 Å². The number of ketones is 1. The molecule has 132 valence electrons. The largest absolute Gasteiger partial charge is 0.366 e. The van der Waals surface area contributed by atoms with Gasteiger partial charge in [-0.3, -0.25) is 9.59 Å². The van der Waals surface area contributed by atoms with Crippen molar-refractivity contribution in [3.8, 4) is 0 Å². The van der Waals surface area contributed by atoms with Crippen molar-refractivity contribution >= 4 is 33.3 Å². The van der Waals surface area contributed by atoms with Crippen LogP contribution >= 0.6 is 11.6 Å². The third kappa shape index (κ3) is 5.12. The van der Waals surface area contributed by atoms with Crippen molar-refractivity contribution in [1.29, 1.82) is 0 Å². The minimum Gasteiger partial charge on any atom is -0.366 e. The molecule has 0 aliphatic rings. The van der Waals surface area contributed by atoms with Crippen molar-refractivity contribution in [3.05, 3.63) is 64.2 Å². The normalized spacial score (nSPS) is 11.3. The maximum atomic E-state index is 12.2. The van der Waals surface area contributed by atoms with Crippen LogP contribution in [0.4, 0.5) is 0 Å². The highest BCUT2D eigenvalue weighted by atomic mass is 35.5.